The molecule has 0 spiro atoms. The van der Waals surface area contributed by atoms with E-state index in [-0.39, 0.29) is 12.2 Å². The number of benzene rings is 2. The summed E-state index contributed by atoms with van der Waals surface area (Å²) in [6, 6.07) is 10.4. The monoisotopic (exact) mass is 297 g/mol. The fourth-order valence-electron chi connectivity index (χ4n) is 3.02. The number of nitrogens with one attached hydrogen (secondary N) is 1. The molecule has 1 aromatic heterocycles. The second kappa shape index (κ2) is 5.30. The number of aryl methyl sites for hydroxylation is 2. The Hall–Kier alpha value is -2.62. The molecular formula is C18H16FNO2. The fraction of sp³-hybridized carbons (Fsp3) is 0.167. The van der Waals surface area contributed by atoms with Gasteiger partial charge in [0, 0.05) is 16.5 Å². The summed E-state index contributed by atoms with van der Waals surface area (Å²) in [7, 11) is 0. The van der Waals surface area contributed by atoms with Gasteiger partial charge >= 0.3 is 5.97 Å². The van der Waals surface area contributed by atoms with E-state index in [1.807, 2.05) is 26.0 Å². The summed E-state index contributed by atoms with van der Waals surface area (Å²) in [5.74, 6) is -1.30. The third-order valence-corrected chi connectivity index (χ3v) is 3.81. The van der Waals surface area contributed by atoms with Crippen LogP contribution in [0.2, 0.25) is 0 Å². The number of H-pyrrole nitrogens is 1. The molecule has 2 aromatic carbocycles. The highest BCUT2D eigenvalue weighted by Crippen LogP contribution is 2.34. The maximum Gasteiger partial charge on any atom is 0.307 e. The van der Waals surface area contributed by atoms with E-state index in [1.165, 1.54) is 6.07 Å². The topological polar surface area (TPSA) is 53.1 Å². The molecule has 0 aliphatic carbocycles. The number of hydrogen-bond donors (Lipinski definition) is 2. The van der Waals surface area contributed by atoms with E-state index in [9.17, 15) is 14.3 Å². The van der Waals surface area contributed by atoms with Crippen molar-refractivity contribution in [1.82, 2.24) is 4.98 Å². The first-order valence-corrected chi connectivity index (χ1v) is 7.06. The molecule has 3 nitrogen and oxygen atoms in total. The van der Waals surface area contributed by atoms with E-state index in [0.29, 0.717) is 16.8 Å². The van der Waals surface area contributed by atoms with Crippen LogP contribution in [0.1, 0.15) is 16.7 Å². The highest BCUT2D eigenvalue weighted by Gasteiger charge is 2.19. The number of fused-ring (bicyclic) bond motifs is 1. The van der Waals surface area contributed by atoms with Crippen LogP contribution in [-0.2, 0) is 11.2 Å². The van der Waals surface area contributed by atoms with Crippen molar-refractivity contribution in [1.29, 1.82) is 0 Å². The predicted octanol–water partition coefficient (Wildman–Crippen LogP) is 4.22. The van der Waals surface area contributed by atoms with Crippen molar-refractivity contribution < 1.29 is 14.3 Å². The third kappa shape index (κ3) is 2.37. The lowest BCUT2D eigenvalue weighted by molar-refractivity contribution is -0.136. The van der Waals surface area contributed by atoms with Gasteiger partial charge in [0.15, 0.2) is 0 Å². The summed E-state index contributed by atoms with van der Waals surface area (Å²) in [5.41, 5.74) is 4.48. The number of hydrogen-bond acceptors (Lipinski definition) is 1. The zero-order valence-corrected chi connectivity index (χ0v) is 12.4. The minimum absolute atomic E-state index is 0.145. The lowest BCUT2D eigenvalue weighted by Crippen LogP contribution is -2.02. The highest BCUT2D eigenvalue weighted by molar-refractivity contribution is 5.96. The van der Waals surface area contributed by atoms with Gasteiger partial charge in [0.2, 0.25) is 0 Å². The Bertz CT molecular complexity index is 880. The van der Waals surface area contributed by atoms with Gasteiger partial charge in [-0.2, -0.15) is 0 Å². The molecule has 0 fully saturated rings. The van der Waals surface area contributed by atoms with Crippen molar-refractivity contribution >= 4 is 16.9 Å². The van der Waals surface area contributed by atoms with Crippen molar-refractivity contribution in [3.8, 4) is 11.3 Å². The van der Waals surface area contributed by atoms with Crippen molar-refractivity contribution in [3.05, 3.63) is 58.9 Å². The van der Waals surface area contributed by atoms with E-state index in [4.69, 9.17) is 0 Å². The van der Waals surface area contributed by atoms with Gasteiger partial charge in [0.25, 0.3) is 0 Å². The van der Waals surface area contributed by atoms with Gasteiger partial charge < -0.3 is 10.1 Å². The van der Waals surface area contributed by atoms with E-state index in [1.54, 1.807) is 18.2 Å². The number of aromatic amines is 1. The predicted molar refractivity (Wildman–Crippen MR) is 84.5 cm³/mol. The van der Waals surface area contributed by atoms with Crippen molar-refractivity contribution in [2.24, 2.45) is 0 Å². The van der Waals surface area contributed by atoms with E-state index < -0.39 is 5.97 Å². The zero-order chi connectivity index (χ0) is 15.9. The summed E-state index contributed by atoms with van der Waals surface area (Å²) in [5, 5.41) is 10.1. The second-order valence-electron chi connectivity index (χ2n) is 5.53. The van der Waals surface area contributed by atoms with Crippen LogP contribution in [0, 0.1) is 19.7 Å². The largest absolute Gasteiger partial charge is 0.481 e. The maximum absolute atomic E-state index is 14.1. The summed E-state index contributed by atoms with van der Waals surface area (Å²) < 4.78 is 14.1. The molecule has 3 aromatic rings. The van der Waals surface area contributed by atoms with Gasteiger partial charge in [-0.05, 0) is 48.7 Å². The lowest BCUT2D eigenvalue weighted by atomic mass is 9.98. The van der Waals surface area contributed by atoms with Crippen LogP contribution in [0.4, 0.5) is 4.39 Å². The molecule has 4 heteroatoms. The van der Waals surface area contributed by atoms with Gasteiger partial charge in [0.1, 0.15) is 5.82 Å². The number of carbonyl (C=O) groups is 1. The molecule has 0 aliphatic rings. The molecule has 0 radical (unpaired) electrons. The lowest BCUT2D eigenvalue weighted by Gasteiger charge is -2.05. The molecule has 0 atom stereocenters. The minimum atomic E-state index is -0.932. The Balaban J connectivity index is 2.36. The number of aliphatic carboxylic acids is 1. The van der Waals surface area contributed by atoms with Gasteiger partial charge in [-0.1, -0.05) is 18.2 Å². The number of carboxylic acid groups (broad SMARTS) is 1. The molecule has 112 valence electrons. The first kappa shape index (κ1) is 14.3. The maximum atomic E-state index is 14.1. The van der Waals surface area contributed by atoms with Gasteiger partial charge in [-0.15, -0.1) is 0 Å². The first-order chi connectivity index (χ1) is 10.5. The summed E-state index contributed by atoms with van der Waals surface area (Å²) in [6.45, 7) is 3.92. The Labute approximate surface area is 127 Å². The second-order valence-corrected chi connectivity index (χ2v) is 5.53. The van der Waals surface area contributed by atoms with Crippen molar-refractivity contribution in [3.63, 3.8) is 0 Å². The summed E-state index contributed by atoms with van der Waals surface area (Å²) in [4.78, 5) is 14.5. The van der Waals surface area contributed by atoms with Crippen molar-refractivity contribution in [2.45, 2.75) is 20.3 Å². The van der Waals surface area contributed by atoms with Crippen LogP contribution in [0.25, 0.3) is 22.2 Å². The SMILES string of the molecule is Cc1cc(C)c2c(CC(=O)O)c(-c3ccccc3F)[nH]c2c1. The van der Waals surface area contributed by atoms with Gasteiger partial charge in [-0.25, -0.2) is 4.39 Å². The molecule has 2 N–H and O–H groups in total. The standard InChI is InChI=1S/C18H16FNO2/c1-10-7-11(2)17-13(9-16(21)22)18(20-15(17)8-10)12-5-3-4-6-14(12)19/h3-8,20H,9H2,1-2H3,(H,21,22). The number of halogens is 1. The Morgan fingerprint density at radius 1 is 1.23 bits per heavy atom. The van der Waals surface area contributed by atoms with Gasteiger partial charge in [-0.3, -0.25) is 4.79 Å². The molecule has 0 aliphatic heterocycles. The summed E-state index contributed by atoms with van der Waals surface area (Å²) in [6.07, 6.45) is -0.145. The fourth-order valence-corrected chi connectivity index (χ4v) is 3.02. The molecule has 0 saturated carbocycles. The highest BCUT2D eigenvalue weighted by atomic mass is 19.1. The first-order valence-electron chi connectivity index (χ1n) is 7.06. The molecule has 0 saturated heterocycles. The van der Waals surface area contributed by atoms with Crippen LogP contribution < -0.4 is 0 Å². The molecule has 0 unspecified atom stereocenters. The average Bonchev–Trinajstić information content (AvgIpc) is 2.77. The Morgan fingerprint density at radius 2 is 1.95 bits per heavy atom. The molecular weight excluding hydrogens is 281 g/mol. The summed E-state index contributed by atoms with van der Waals surface area (Å²) >= 11 is 0. The van der Waals surface area contributed by atoms with Crippen LogP contribution in [0.3, 0.4) is 0 Å². The van der Waals surface area contributed by atoms with Crippen LogP contribution in [0.5, 0.6) is 0 Å². The normalized spacial score (nSPS) is 11.0. The molecule has 22 heavy (non-hydrogen) atoms. The van der Waals surface area contributed by atoms with Crippen LogP contribution >= 0.6 is 0 Å². The van der Waals surface area contributed by atoms with Crippen LogP contribution in [-0.4, -0.2) is 16.1 Å². The molecule has 1 heterocycles. The van der Waals surface area contributed by atoms with E-state index in [2.05, 4.69) is 4.98 Å². The molecule has 0 amide bonds. The molecule has 3 rings (SSSR count). The van der Waals surface area contributed by atoms with E-state index >= 15 is 0 Å². The quantitative estimate of drug-likeness (QED) is 0.760. The minimum Gasteiger partial charge on any atom is -0.481 e. The number of rotatable bonds is 3. The Morgan fingerprint density at radius 3 is 2.64 bits per heavy atom. The smallest absolute Gasteiger partial charge is 0.307 e. The average molecular weight is 297 g/mol. The van der Waals surface area contributed by atoms with Crippen LogP contribution in [0.15, 0.2) is 36.4 Å². The van der Waals surface area contributed by atoms with Crippen molar-refractivity contribution in [2.75, 3.05) is 0 Å². The Kier molecular flexibility index (Phi) is 3.45. The molecule has 0 bridgehead atoms. The van der Waals surface area contributed by atoms with Gasteiger partial charge in [0.05, 0.1) is 12.1 Å². The third-order valence-electron chi connectivity index (χ3n) is 3.81. The zero-order valence-electron chi connectivity index (χ0n) is 12.4. The number of carboxylic acids is 1. The number of aromatic nitrogens is 1. The van der Waals surface area contributed by atoms with E-state index in [0.717, 1.165) is 22.0 Å².